The van der Waals surface area contributed by atoms with Gasteiger partial charge >= 0.3 is 5.97 Å². The topological polar surface area (TPSA) is 26.3 Å². The second-order valence-corrected chi connectivity index (χ2v) is 4.24. The number of carbonyl (C=O) groups excluding carboxylic acids is 1. The third kappa shape index (κ3) is 2.24. The van der Waals surface area contributed by atoms with Gasteiger partial charge in [0.1, 0.15) is 0 Å². The van der Waals surface area contributed by atoms with Crippen LogP contribution in [0.15, 0.2) is 21.1 Å². The van der Waals surface area contributed by atoms with Crippen LogP contribution >= 0.6 is 43.5 Å². The summed E-state index contributed by atoms with van der Waals surface area (Å²) in [6, 6.07) is 3.32. The van der Waals surface area contributed by atoms with Crippen molar-refractivity contribution in [1.29, 1.82) is 0 Å². The van der Waals surface area contributed by atoms with E-state index in [9.17, 15) is 4.79 Å². The van der Waals surface area contributed by atoms with Crippen molar-refractivity contribution >= 4 is 49.4 Å². The maximum atomic E-state index is 11.2. The highest BCUT2D eigenvalue weighted by Gasteiger charge is 2.14. The lowest BCUT2D eigenvalue weighted by molar-refractivity contribution is 0.0599. The van der Waals surface area contributed by atoms with Gasteiger partial charge in [-0.25, -0.2) is 4.79 Å². The zero-order valence-electron chi connectivity index (χ0n) is 6.61. The number of ether oxygens (including phenoxy) is 1. The Bertz CT molecular complexity index is 352. The molecule has 13 heavy (non-hydrogen) atoms. The molecule has 0 spiro atoms. The molecule has 1 aromatic rings. The van der Waals surface area contributed by atoms with Crippen molar-refractivity contribution in [3.63, 3.8) is 0 Å². The SMILES string of the molecule is COC(=O)c1ccc(Br)c(Cl)c1Br. The van der Waals surface area contributed by atoms with E-state index in [2.05, 4.69) is 36.6 Å². The lowest BCUT2D eigenvalue weighted by Crippen LogP contribution is -2.02. The van der Waals surface area contributed by atoms with Crippen molar-refractivity contribution in [1.82, 2.24) is 0 Å². The fraction of sp³-hybridized carbons (Fsp3) is 0.125. The van der Waals surface area contributed by atoms with Gasteiger partial charge in [0.25, 0.3) is 0 Å². The number of methoxy groups -OCH3 is 1. The number of hydrogen-bond donors (Lipinski definition) is 0. The summed E-state index contributed by atoms with van der Waals surface area (Å²) in [6.45, 7) is 0. The minimum Gasteiger partial charge on any atom is -0.465 e. The Morgan fingerprint density at radius 3 is 2.62 bits per heavy atom. The third-order valence-electron chi connectivity index (χ3n) is 1.44. The van der Waals surface area contributed by atoms with Crippen LogP contribution in [0.3, 0.4) is 0 Å². The van der Waals surface area contributed by atoms with Crippen LogP contribution in [0.4, 0.5) is 0 Å². The van der Waals surface area contributed by atoms with E-state index in [4.69, 9.17) is 11.6 Å². The molecule has 0 aliphatic heterocycles. The van der Waals surface area contributed by atoms with Crippen LogP contribution in [-0.4, -0.2) is 13.1 Å². The first-order valence-electron chi connectivity index (χ1n) is 3.29. The van der Waals surface area contributed by atoms with Crippen LogP contribution in [-0.2, 0) is 4.74 Å². The second-order valence-electron chi connectivity index (χ2n) is 2.21. The molecule has 0 unspecified atom stereocenters. The molecule has 0 radical (unpaired) electrons. The van der Waals surface area contributed by atoms with Crippen molar-refractivity contribution in [2.75, 3.05) is 7.11 Å². The number of rotatable bonds is 1. The van der Waals surface area contributed by atoms with E-state index in [0.29, 0.717) is 15.1 Å². The van der Waals surface area contributed by atoms with Crippen molar-refractivity contribution in [3.8, 4) is 0 Å². The number of carbonyl (C=O) groups is 1. The van der Waals surface area contributed by atoms with Gasteiger partial charge in [-0.3, -0.25) is 0 Å². The van der Waals surface area contributed by atoms with Gasteiger partial charge in [0.15, 0.2) is 0 Å². The summed E-state index contributed by atoms with van der Waals surface area (Å²) in [5, 5.41) is 0.461. The molecular formula is C8H5Br2ClO2. The predicted octanol–water partition coefficient (Wildman–Crippen LogP) is 3.65. The molecule has 0 amide bonds. The molecule has 0 aromatic heterocycles. The second kappa shape index (κ2) is 4.44. The van der Waals surface area contributed by atoms with Crippen LogP contribution in [0.5, 0.6) is 0 Å². The normalized spacial score (nSPS) is 9.85. The molecule has 1 rings (SSSR count). The van der Waals surface area contributed by atoms with Gasteiger partial charge in [-0.05, 0) is 44.0 Å². The summed E-state index contributed by atoms with van der Waals surface area (Å²) in [6.07, 6.45) is 0. The van der Waals surface area contributed by atoms with Gasteiger partial charge in [0, 0.05) is 4.47 Å². The minimum atomic E-state index is -0.415. The zero-order valence-corrected chi connectivity index (χ0v) is 10.5. The molecule has 5 heteroatoms. The first-order chi connectivity index (χ1) is 6.07. The molecule has 0 saturated heterocycles. The quantitative estimate of drug-likeness (QED) is 0.581. The first-order valence-corrected chi connectivity index (χ1v) is 5.26. The number of hydrogen-bond acceptors (Lipinski definition) is 2. The third-order valence-corrected chi connectivity index (χ3v) is 3.77. The van der Waals surface area contributed by atoms with Gasteiger partial charge in [0.2, 0.25) is 0 Å². The molecule has 0 fully saturated rings. The van der Waals surface area contributed by atoms with Gasteiger partial charge in [-0.2, -0.15) is 0 Å². The Labute approximate surface area is 97.5 Å². The Balaban J connectivity index is 3.26. The average Bonchev–Trinajstić information content (AvgIpc) is 2.13. The smallest absolute Gasteiger partial charge is 0.339 e. The maximum absolute atomic E-state index is 11.2. The van der Waals surface area contributed by atoms with Gasteiger partial charge in [0.05, 0.1) is 22.2 Å². The lowest BCUT2D eigenvalue weighted by atomic mass is 10.2. The zero-order chi connectivity index (χ0) is 10.0. The Kier molecular flexibility index (Phi) is 3.76. The molecular weight excluding hydrogens is 323 g/mol. The van der Waals surface area contributed by atoms with Crippen LogP contribution in [0, 0.1) is 0 Å². The van der Waals surface area contributed by atoms with E-state index in [-0.39, 0.29) is 0 Å². The van der Waals surface area contributed by atoms with Crippen LogP contribution in [0.1, 0.15) is 10.4 Å². The highest BCUT2D eigenvalue weighted by molar-refractivity contribution is 9.11. The molecule has 0 heterocycles. The van der Waals surface area contributed by atoms with Crippen molar-refractivity contribution in [3.05, 3.63) is 31.7 Å². The Hall–Kier alpha value is -0.0600. The van der Waals surface area contributed by atoms with Gasteiger partial charge in [-0.1, -0.05) is 11.6 Å². The fourth-order valence-electron chi connectivity index (χ4n) is 0.794. The van der Waals surface area contributed by atoms with Crippen molar-refractivity contribution in [2.45, 2.75) is 0 Å². The molecule has 0 aliphatic carbocycles. The lowest BCUT2D eigenvalue weighted by Gasteiger charge is -2.04. The summed E-state index contributed by atoms with van der Waals surface area (Å²) in [5.41, 5.74) is 0.413. The average molecular weight is 328 g/mol. The van der Waals surface area contributed by atoms with Crippen molar-refractivity contribution < 1.29 is 9.53 Å². The fourth-order valence-corrected chi connectivity index (χ4v) is 2.06. The molecule has 70 valence electrons. The van der Waals surface area contributed by atoms with Gasteiger partial charge in [-0.15, -0.1) is 0 Å². The molecule has 1 aromatic carbocycles. The van der Waals surface area contributed by atoms with Crippen molar-refractivity contribution in [2.24, 2.45) is 0 Å². The number of benzene rings is 1. The van der Waals surface area contributed by atoms with Crippen LogP contribution < -0.4 is 0 Å². The summed E-state index contributed by atoms with van der Waals surface area (Å²) < 4.78 is 5.84. The Morgan fingerprint density at radius 2 is 2.08 bits per heavy atom. The molecule has 0 N–H and O–H groups in total. The molecule has 0 atom stereocenters. The molecule has 0 saturated carbocycles. The molecule has 2 nitrogen and oxygen atoms in total. The Morgan fingerprint density at radius 1 is 1.46 bits per heavy atom. The summed E-state index contributed by atoms with van der Waals surface area (Å²) in [7, 11) is 1.32. The maximum Gasteiger partial charge on any atom is 0.339 e. The largest absolute Gasteiger partial charge is 0.465 e. The predicted molar refractivity (Wildman–Crippen MR) is 58.2 cm³/mol. The summed E-state index contributed by atoms with van der Waals surface area (Å²) in [5.74, 6) is -0.415. The number of esters is 1. The number of halogens is 3. The van der Waals surface area contributed by atoms with E-state index >= 15 is 0 Å². The van der Waals surface area contributed by atoms with Crippen LogP contribution in [0.2, 0.25) is 5.02 Å². The van der Waals surface area contributed by atoms with E-state index < -0.39 is 5.97 Å². The van der Waals surface area contributed by atoms with E-state index in [1.807, 2.05) is 0 Å². The summed E-state index contributed by atoms with van der Waals surface area (Å²) in [4.78, 5) is 11.2. The van der Waals surface area contributed by atoms with Crippen LogP contribution in [0.25, 0.3) is 0 Å². The first kappa shape index (κ1) is 11.0. The highest BCUT2D eigenvalue weighted by atomic mass is 79.9. The van der Waals surface area contributed by atoms with E-state index in [0.717, 1.165) is 4.47 Å². The molecule has 0 bridgehead atoms. The standard InChI is InChI=1S/C8H5Br2ClO2/c1-13-8(12)4-2-3-5(9)7(11)6(4)10/h2-3H,1H3. The monoisotopic (exact) mass is 326 g/mol. The van der Waals surface area contributed by atoms with Gasteiger partial charge < -0.3 is 4.74 Å². The highest BCUT2D eigenvalue weighted by Crippen LogP contribution is 2.33. The summed E-state index contributed by atoms with van der Waals surface area (Å²) >= 11 is 12.3. The van der Waals surface area contributed by atoms with E-state index in [1.165, 1.54) is 7.11 Å². The minimum absolute atomic E-state index is 0.413. The molecule has 0 aliphatic rings. The van der Waals surface area contributed by atoms with E-state index in [1.54, 1.807) is 12.1 Å².